The molecule has 2 atom stereocenters. The summed E-state index contributed by atoms with van der Waals surface area (Å²) >= 11 is 0. The molecule has 0 saturated heterocycles. The number of carbonyl (C=O) groups excluding carboxylic acids is 2. The summed E-state index contributed by atoms with van der Waals surface area (Å²) in [6, 6.07) is 8.26. The van der Waals surface area contributed by atoms with Crippen molar-refractivity contribution in [3.8, 4) is 5.75 Å². The van der Waals surface area contributed by atoms with Gasteiger partial charge < -0.3 is 33.0 Å². The molecule has 1 heterocycles. The highest BCUT2D eigenvalue weighted by molar-refractivity contribution is 5.94. The Morgan fingerprint density at radius 3 is 2.48 bits per heavy atom. The molecule has 0 aliphatic carbocycles. The number of rotatable bonds is 10. The highest BCUT2D eigenvalue weighted by atomic mass is 16.5. The molecule has 0 fully saturated rings. The van der Waals surface area contributed by atoms with Gasteiger partial charge >= 0.3 is 5.97 Å². The van der Waals surface area contributed by atoms with Gasteiger partial charge in [-0.25, -0.2) is 9.78 Å². The lowest BCUT2D eigenvalue weighted by Crippen LogP contribution is -2.35. The smallest absolute Gasteiger partial charge is 0.328 e. The van der Waals surface area contributed by atoms with Crippen molar-refractivity contribution in [2.24, 2.45) is 27.4 Å². The number of benzene rings is 1. The molecule has 0 saturated carbocycles. The molecule has 2 rings (SSSR count). The average Bonchev–Trinajstić information content (AvgIpc) is 2.74. The number of anilines is 2. The van der Waals surface area contributed by atoms with E-state index in [4.69, 9.17) is 27.7 Å². The van der Waals surface area contributed by atoms with E-state index >= 15 is 0 Å². The molecular weight excluding hydrogens is 400 g/mol. The van der Waals surface area contributed by atoms with Gasteiger partial charge in [0.2, 0.25) is 5.91 Å². The van der Waals surface area contributed by atoms with E-state index in [9.17, 15) is 9.59 Å². The number of esters is 1. The molecule has 0 aliphatic heterocycles. The van der Waals surface area contributed by atoms with Crippen molar-refractivity contribution in [1.82, 2.24) is 4.98 Å². The average molecular weight is 428 g/mol. The Morgan fingerprint density at radius 2 is 1.81 bits per heavy atom. The van der Waals surface area contributed by atoms with Gasteiger partial charge in [-0.1, -0.05) is 18.6 Å². The molecule has 1 aromatic heterocycles. The minimum absolute atomic E-state index is 0.0586. The third kappa shape index (κ3) is 7.41. The summed E-state index contributed by atoms with van der Waals surface area (Å²) in [7, 11) is 0. The second-order valence-corrected chi connectivity index (χ2v) is 6.86. The van der Waals surface area contributed by atoms with Gasteiger partial charge in [0, 0.05) is 0 Å². The first kappa shape index (κ1) is 23.9. The van der Waals surface area contributed by atoms with E-state index in [1.54, 1.807) is 30.3 Å². The molecule has 0 spiro atoms. The van der Waals surface area contributed by atoms with Crippen LogP contribution in [0.2, 0.25) is 0 Å². The minimum Gasteiger partial charge on any atom is -0.423 e. The van der Waals surface area contributed by atoms with Gasteiger partial charge in [-0.3, -0.25) is 4.79 Å². The van der Waals surface area contributed by atoms with Crippen LogP contribution < -0.4 is 33.0 Å². The fraction of sp³-hybridized carbons (Fsp3) is 0.350. The molecule has 0 radical (unpaired) electrons. The van der Waals surface area contributed by atoms with Gasteiger partial charge in [-0.05, 0) is 50.6 Å². The van der Waals surface area contributed by atoms with Crippen molar-refractivity contribution in [3.63, 3.8) is 0 Å². The van der Waals surface area contributed by atoms with Gasteiger partial charge in [-0.15, -0.1) is 10.2 Å². The van der Waals surface area contributed by atoms with Crippen molar-refractivity contribution in [1.29, 1.82) is 0 Å². The van der Waals surface area contributed by atoms with Crippen LogP contribution in [-0.4, -0.2) is 35.5 Å². The second-order valence-electron chi connectivity index (χ2n) is 6.86. The van der Waals surface area contributed by atoms with E-state index in [1.165, 1.54) is 13.0 Å². The van der Waals surface area contributed by atoms with Crippen LogP contribution in [0.5, 0.6) is 5.75 Å². The number of amides is 1. The summed E-state index contributed by atoms with van der Waals surface area (Å²) in [5.74, 6) is -0.425. The third-order valence-electron chi connectivity index (χ3n) is 4.17. The molecule has 1 amide bonds. The normalized spacial score (nSPS) is 13.0. The lowest BCUT2D eigenvalue weighted by atomic mass is 10.1. The van der Waals surface area contributed by atoms with Crippen LogP contribution in [0.1, 0.15) is 26.2 Å². The summed E-state index contributed by atoms with van der Waals surface area (Å²) in [5.41, 5.74) is 23.3. The molecule has 2 aromatic rings. The van der Waals surface area contributed by atoms with Crippen LogP contribution in [0.15, 0.2) is 46.6 Å². The first-order valence-corrected chi connectivity index (χ1v) is 9.83. The van der Waals surface area contributed by atoms with E-state index in [0.29, 0.717) is 18.7 Å². The van der Waals surface area contributed by atoms with Gasteiger partial charge in [0.25, 0.3) is 0 Å². The monoisotopic (exact) mass is 428 g/mol. The van der Waals surface area contributed by atoms with Crippen LogP contribution in [0.3, 0.4) is 0 Å². The van der Waals surface area contributed by atoms with Crippen molar-refractivity contribution >= 4 is 34.9 Å². The van der Waals surface area contributed by atoms with Gasteiger partial charge in [-0.2, -0.15) is 0 Å². The number of nitrogens with two attached hydrogens (primary N) is 4. The summed E-state index contributed by atoms with van der Waals surface area (Å²) in [6.45, 7) is 2.08. The van der Waals surface area contributed by atoms with Crippen LogP contribution in [0, 0.1) is 0 Å². The summed E-state index contributed by atoms with van der Waals surface area (Å²) in [5, 5.41) is 10.8. The molecular formula is C20H28N8O3. The molecule has 31 heavy (non-hydrogen) atoms. The van der Waals surface area contributed by atoms with Crippen LogP contribution in [-0.2, 0) is 9.59 Å². The van der Waals surface area contributed by atoms with Crippen LogP contribution in [0.4, 0.5) is 23.0 Å². The number of nitrogen functional groups attached to an aromatic ring is 1. The Morgan fingerprint density at radius 1 is 1.10 bits per heavy atom. The predicted octanol–water partition coefficient (Wildman–Crippen LogP) is 1.73. The number of unbranched alkanes of at least 4 members (excludes halogenated alkanes) is 1. The Kier molecular flexibility index (Phi) is 9.00. The maximum atomic E-state index is 12.1. The zero-order valence-electron chi connectivity index (χ0n) is 17.3. The SMILES string of the molecule is C[C@H](N)C(=O)Oc1ccccc1/N=N/c1ccc(NC(=O)[C@@H](N)CCCCN)nc1N. The molecule has 1 aromatic carbocycles. The van der Waals surface area contributed by atoms with Crippen molar-refractivity contribution in [2.45, 2.75) is 38.3 Å². The number of aromatic nitrogens is 1. The van der Waals surface area contributed by atoms with E-state index < -0.39 is 18.1 Å². The lowest BCUT2D eigenvalue weighted by Gasteiger charge is -2.12. The fourth-order valence-electron chi connectivity index (χ4n) is 2.42. The Bertz CT molecular complexity index is 932. The number of para-hydroxylation sites is 1. The van der Waals surface area contributed by atoms with E-state index in [-0.39, 0.29) is 29.0 Å². The maximum absolute atomic E-state index is 12.1. The van der Waals surface area contributed by atoms with E-state index in [0.717, 1.165) is 12.8 Å². The number of ether oxygens (including phenoxy) is 1. The van der Waals surface area contributed by atoms with Crippen LogP contribution in [0.25, 0.3) is 0 Å². The molecule has 166 valence electrons. The van der Waals surface area contributed by atoms with Crippen molar-refractivity contribution in [3.05, 3.63) is 36.4 Å². The predicted molar refractivity (Wildman–Crippen MR) is 118 cm³/mol. The molecule has 0 aliphatic rings. The minimum atomic E-state index is -0.777. The Labute approximate surface area is 180 Å². The van der Waals surface area contributed by atoms with Crippen LogP contribution >= 0.6 is 0 Å². The Balaban J connectivity index is 2.07. The van der Waals surface area contributed by atoms with E-state index in [2.05, 4.69) is 20.5 Å². The third-order valence-corrected chi connectivity index (χ3v) is 4.17. The first-order valence-electron chi connectivity index (χ1n) is 9.83. The quantitative estimate of drug-likeness (QED) is 0.163. The first-order chi connectivity index (χ1) is 14.8. The van der Waals surface area contributed by atoms with E-state index in [1.807, 2.05) is 0 Å². The number of nitrogens with one attached hydrogen (secondary N) is 1. The van der Waals surface area contributed by atoms with Gasteiger partial charge in [0.15, 0.2) is 11.6 Å². The number of hydrogen-bond donors (Lipinski definition) is 5. The maximum Gasteiger partial charge on any atom is 0.328 e. The summed E-state index contributed by atoms with van der Waals surface area (Å²) in [6.07, 6.45) is 2.10. The standard InChI is InChI=1S/C20H28N8O3/c1-12(22)20(30)31-16-8-3-2-7-14(16)27-28-15-9-10-17(25-18(15)24)26-19(29)13(23)6-4-5-11-21/h2-3,7-10,12-13H,4-6,11,21-23H2,1H3,(H3,24,25,26,29)/b28-27+/t12-,13-/m0/s1. The topological polar surface area (TPSA) is 197 Å². The van der Waals surface area contributed by atoms with Crippen molar-refractivity contribution < 1.29 is 14.3 Å². The number of nitrogens with zero attached hydrogens (tertiary/aromatic N) is 3. The largest absolute Gasteiger partial charge is 0.423 e. The fourth-order valence-corrected chi connectivity index (χ4v) is 2.42. The molecule has 11 heteroatoms. The molecule has 11 nitrogen and oxygen atoms in total. The summed E-state index contributed by atoms with van der Waals surface area (Å²) < 4.78 is 5.22. The van der Waals surface area contributed by atoms with Gasteiger partial charge in [0.05, 0.1) is 6.04 Å². The lowest BCUT2D eigenvalue weighted by molar-refractivity contribution is -0.135. The Hall–Kier alpha value is -3.41. The number of carbonyl (C=O) groups is 2. The summed E-state index contributed by atoms with van der Waals surface area (Å²) in [4.78, 5) is 28.0. The highest BCUT2D eigenvalue weighted by Crippen LogP contribution is 2.30. The number of azo groups is 1. The zero-order chi connectivity index (χ0) is 22.8. The molecule has 9 N–H and O–H groups in total. The number of pyridine rings is 1. The van der Waals surface area contributed by atoms with Gasteiger partial charge in [0.1, 0.15) is 23.2 Å². The molecule has 0 unspecified atom stereocenters. The highest BCUT2D eigenvalue weighted by Gasteiger charge is 2.15. The zero-order valence-corrected chi connectivity index (χ0v) is 17.3. The second kappa shape index (κ2) is 11.7. The number of hydrogen-bond acceptors (Lipinski definition) is 10. The van der Waals surface area contributed by atoms with Crippen molar-refractivity contribution in [2.75, 3.05) is 17.6 Å². The molecule has 0 bridgehead atoms.